The van der Waals surface area contributed by atoms with Crippen LogP contribution in [-0.4, -0.2) is 33.8 Å². The summed E-state index contributed by atoms with van der Waals surface area (Å²) < 4.78 is 0. The smallest absolute Gasteiger partial charge is 0.201 e. The molecule has 0 spiro atoms. The number of H-pyrrole nitrogens is 1. The van der Waals surface area contributed by atoms with Crippen LogP contribution in [0.4, 0.5) is 0 Å². The summed E-state index contributed by atoms with van der Waals surface area (Å²) in [6.45, 7) is 3.86. The Morgan fingerprint density at radius 3 is 2.72 bits per heavy atom. The van der Waals surface area contributed by atoms with Gasteiger partial charge < -0.3 is 5.11 Å². The van der Waals surface area contributed by atoms with E-state index in [1.807, 2.05) is 44.2 Å². The molecule has 25 heavy (non-hydrogen) atoms. The lowest BCUT2D eigenvalue weighted by molar-refractivity contribution is 0.0997. The highest BCUT2D eigenvalue weighted by atomic mass is 16.3. The first-order valence-electron chi connectivity index (χ1n) is 7.98. The number of Topliss-reactive ketones (excluding diaryl/α,β-unsaturated/α-hetero) is 1. The van der Waals surface area contributed by atoms with E-state index in [1.54, 1.807) is 24.4 Å². The van der Waals surface area contributed by atoms with Crippen molar-refractivity contribution >= 4 is 12.0 Å². The molecule has 3 rings (SSSR count). The molecule has 126 valence electrons. The average molecular weight is 333 g/mol. The molecule has 3 aromatic rings. The highest BCUT2D eigenvalue weighted by Crippen LogP contribution is 2.21. The van der Waals surface area contributed by atoms with Crippen LogP contribution in [0.2, 0.25) is 0 Å². The van der Waals surface area contributed by atoms with Gasteiger partial charge in [0.2, 0.25) is 5.78 Å². The predicted molar refractivity (Wildman–Crippen MR) is 98.4 cm³/mol. The van der Waals surface area contributed by atoms with E-state index in [0.29, 0.717) is 5.69 Å². The van der Waals surface area contributed by atoms with Gasteiger partial charge in [-0.25, -0.2) is 0 Å². The predicted octanol–water partition coefficient (Wildman–Crippen LogP) is 3.70. The summed E-state index contributed by atoms with van der Waals surface area (Å²) in [5.74, 6) is 0.119. The number of benzene rings is 2. The number of aliphatic imine (C=N–C) groups is 1. The van der Waals surface area contributed by atoms with Gasteiger partial charge in [0.25, 0.3) is 0 Å². The molecular formula is C20H19N3O2. The van der Waals surface area contributed by atoms with Gasteiger partial charge >= 0.3 is 0 Å². The third-order valence-corrected chi connectivity index (χ3v) is 4.00. The maximum atomic E-state index is 12.3. The third-order valence-electron chi connectivity index (χ3n) is 4.00. The van der Waals surface area contributed by atoms with Crippen LogP contribution in [0.1, 0.15) is 27.2 Å². The molecule has 1 aromatic heterocycles. The number of rotatable bonds is 5. The lowest BCUT2D eigenvalue weighted by Gasteiger charge is -2.00. The molecule has 0 bridgehead atoms. The van der Waals surface area contributed by atoms with Gasteiger partial charge in [0, 0.05) is 11.8 Å². The van der Waals surface area contributed by atoms with Gasteiger partial charge in [-0.2, -0.15) is 5.10 Å². The van der Waals surface area contributed by atoms with Crippen molar-refractivity contribution in [3.05, 3.63) is 70.9 Å². The monoisotopic (exact) mass is 333 g/mol. The van der Waals surface area contributed by atoms with Crippen molar-refractivity contribution in [1.29, 1.82) is 0 Å². The van der Waals surface area contributed by atoms with Crippen LogP contribution in [0.3, 0.4) is 0 Å². The molecule has 0 unspecified atom stereocenters. The summed E-state index contributed by atoms with van der Waals surface area (Å²) in [6.07, 6.45) is 1.63. The molecule has 0 atom stereocenters. The van der Waals surface area contributed by atoms with Crippen LogP contribution >= 0.6 is 0 Å². The number of nitrogens with one attached hydrogen (secondary N) is 1. The van der Waals surface area contributed by atoms with Crippen molar-refractivity contribution in [2.24, 2.45) is 4.99 Å². The quantitative estimate of drug-likeness (QED) is 0.552. The highest BCUT2D eigenvalue weighted by molar-refractivity contribution is 5.98. The van der Waals surface area contributed by atoms with E-state index in [4.69, 9.17) is 0 Å². The molecule has 0 radical (unpaired) electrons. The number of hydrogen-bond donors (Lipinski definition) is 2. The van der Waals surface area contributed by atoms with Crippen LogP contribution in [-0.2, 0) is 0 Å². The van der Waals surface area contributed by atoms with Crippen molar-refractivity contribution in [2.45, 2.75) is 13.8 Å². The Morgan fingerprint density at radius 1 is 1.16 bits per heavy atom. The zero-order chi connectivity index (χ0) is 17.8. The second kappa shape index (κ2) is 7.13. The minimum Gasteiger partial charge on any atom is -0.508 e. The third kappa shape index (κ3) is 3.83. The molecule has 1 heterocycles. The Kier molecular flexibility index (Phi) is 4.75. The van der Waals surface area contributed by atoms with E-state index >= 15 is 0 Å². The Labute approximate surface area is 146 Å². The fourth-order valence-electron chi connectivity index (χ4n) is 2.54. The maximum Gasteiger partial charge on any atom is 0.201 e. The van der Waals surface area contributed by atoms with Gasteiger partial charge in [0.05, 0.1) is 5.69 Å². The van der Waals surface area contributed by atoms with Crippen molar-refractivity contribution in [1.82, 2.24) is 10.2 Å². The first-order valence-corrected chi connectivity index (χ1v) is 7.98. The molecule has 0 amide bonds. The number of nitrogens with zero attached hydrogens (tertiary/aromatic N) is 2. The fourth-order valence-corrected chi connectivity index (χ4v) is 2.54. The number of phenolic OH excluding ortho intramolecular Hbond substituents is 1. The number of aromatic amines is 1. The first kappa shape index (κ1) is 16.6. The Bertz CT molecular complexity index is 942. The van der Waals surface area contributed by atoms with E-state index in [2.05, 4.69) is 15.2 Å². The van der Waals surface area contributed by atoms with Crippen LogP contribution in [0.15, 0.2) is 53.5 Å². The van der Waals surface area contributed by atoms with E-state index in [9.17, 15) is 9.90 Å². The van der Waals surface area contributed by atoms with Crippen molar-refractivity contribution in [3.8, 4) is 17.0 Å². The van der Waals surface area contributed by atoms with Crippen LogP contribution < -0.4 is 0 Å². The summed E-state index contributed by atoms with van der Waals surface area (Å²) in [5.41, 5.74) is 4.91. The van der Waals surface area contributed by atoms with E-state index in [-0.39, 0.29) is 18.1 Å². The Hall–Kier alpha value is -3.21. The largest absolute Gasteiger partial charge is 0.508 e. The normalized spacial score (nSPS) is 11.1. The highest BCUT2D eigenvalue weighted by Gasteiger charge is 2.11. The zero-order valence-corrected chi connectivity index (χ0v) is 14.2. The number of aromatic nitrogens is 2. The molecule has 0 aliphatic carbocycles. The number of aryl methyl sites for hydroxylation is 2. The molecular weight excluding hydrogens is 314 g/mol. The number of aromatic hydroxyl groups is 1. The topological polar surface area (TPSA) is 78.3 Å². The summed E-state index contributed by atoms with van der Waals surface area (Å²) in [5, 5.41) is 16.5. The summed E-state index contributed by atoms with van der Waals surface area (Å²) in [7, 11) is 0. The van der Waals surface area contributed by atoms with Crippen molar-refractivity contribution < 1.29 is 9.90 Å². The molecule has 0 saturated heterocycles. The average Bonchev–Trinajstić information content (AvgIpc) is 3.08. The number of carbonyl (C=O) groups is 1. The van der Waals surface area contributed by atoms with Crippen LogP contribution in [0.25, 0.3) is 11.3 Å². The maximum absolute atomic E-state index is 12.3. The minimum absolute atomic E-state index is 0.0370. The lowest BCUT2D eigenvalue weighted by atomic mass is 10.1. The zero-order valence-electron chi connectivity index (χ0n) is 14.2. The Morgan fingerprint density at radius 2 is 1.96 bits per heavy atom. The molecule has 0 saturated carbocycles. The SMILES string of the molecule is Cc1cc(C=NCC(=O)c2cc(-c3ccccc3C)n[nH]2)ccc1O. The fraction of sp³-hybridized carbons (Fsp3) is 0.150. The van der Waals surface area contributed by atoms with E-state index < -0.39 is 0 Å². The number of carbonyl (C=O) groups excluding carboxylic acids is 1. The van der Waals surface area contributed by atoms with Crippen molar-refractivity contribution in [2.75, 3.05) is 6.54 Å². The molecule has 5 heteroatoms. The van der Waals surface area contributed by atoms with Gasteiger partial charge in [-0.3, -0.25) is 14.9 Å². The summed E-state index contributed by atoms with van der Waals surface area (Å²) in [6, 6.07) is 14.8. The van der Waals surface area contributed by atoms with Gasteiger partial charge in [-0.05, 0) is 54.8 Å². The second-order valence-corrected chi connectivity index (χ2v) is 5.92. The molecule has 2 aromatic carbocycles. The van der Waals surface area contributed by atoms with Gasteiger partial charge in [-0.15, -0.1) is 0 Å². The van der Waals surface area contributed by atoms with Gasteiger partial charge in [-0.1, -0.05) is 24.3 Å². The summed E-state index contributed by atoms with van der Waals surface area (Å²) >= 11 is 0. The summed E-state index contributed by atoms with van der Waals surface area (Å²) in [4.78, 5) is 16.4. The lowest BCUT2D eigenvalue weighted by Crippen LogP contribution is -2.04. The van der Waals surface area contributed by atoms with E-state index in [1.165, 1.54) is 0 Å². The molecule has 2 N–H and O–H groups in total. The number of hydrogen-bond acceptors (Lipinski definition) is 4. The number of phenols is 1. The van der Waals surface area contributed by atoms with Crippen molar-refractivity contribution in [3.63, 3.8) is 0 Å². The van der Waals surface area contributed by atoms with Crippen LogP contribution in [0.5, 0.6) is 5.75 Å². The minimum atomic E-state index is -0.126. The molecule has 5 nitrogen and oxygen atoms in total. The van der Waals surface area contributed by atoms with E-state index in [0.717, 1.165) is 27.9 Å². The first-order chi connectivity index (χ1) is 12.0. The Balaban J connectivity index is 1.69. The number of ketones is 1. The second-order valence-electron chi connectivity index (χ2n) is 5.92. The van der Waals surface area contributed by atoms with Crippen LogP contribution in [0, 0.1) is 13.8 Å². The molecule has 0 aliphatic rings. The van der Waals surface area contributed by atoms with Gasteiger partial charge in [0.15, 0.2) is 0 Å². The molecule has 0 aliphatic heterocycles. The molecule has 0 fully saturated rings. The standard InChI is InChI=1S/C20H19N3O2/c1-13-5-3-4-6-16(13)17-10-18(23-22-17)20(25)12-21-11-15-7-8-19(24)14(2)9-15/h3-11,24H,12H2,1-2H3,(H,22,23). The van der Waals surface area contributed by atoms with Gasteiger partial charge in [0.1, 0.15) is 18.0 Å².